The molecule has 2 aromatic rings. The number of rotatable bonds is 3. The molecule has 110 valence electrons. The summed E-state index contributed by atoms with van der Waals surface area (Å²) in [5.74, 6) is -0.0462. The van der Waals surface area contributed by atoms with E-state index in [1.54, 1.807) is 12.4 Å². The van der Waals surface area contributed by atoms with Crippen LogP contribution in [0.25, 0.3) is 10.7 Å². The van der Waals surface area contributed by atoms with E-state index in [2.05, 4.69) is 15.3 Å². The van der Waals surface area contributed by atoms with Gasteiger partial charge in [0.1, 0.15) is 9.88 Å². The van der Waals surface area contributed by atoms with Crippen LogP contribution in [0.5, 0.6) is 0 Å². The highest BCUT2D eigenvalue weighted by molar-refractivity contribution is 7.16. The lowest BCUT2D eigenvalue weighted by Gasteiger charge is -2.26. The molecule has 1 saturated carbocycles. The van der Waals surface area contributed by atoms with E-state index in [1.165, 1.54) is 11.3 Å². The van der Waals surface area contributed by atoms with Crippen molar-refractivity contribution in [2.45, 2.75) is 37.8 Å². The number of aromatic nitrogens is 2. The first-order valence-corrected chi connectivity index (χ1v) is 7.97. The number of carbonyl (C=O) groups is 1. The van der Waals surface area contributed by atoms with Crippen LogP contribution < -0.4 is 11.1 Å². The Kier molecular flexibility index (Phi) is 4.26. The molecule has 1 aliphatic rings. The lowest BCUT2D eigenvalue weighted by atomic mass is 9.92. The van der Waals surface area contributed by atoms with E-state index < -0.39 is 0 Å². The van der Waals surface area contributed by atoms with Gasteiger partial charge in [0.25, 0.3) is 5.91 Å². The predicted molar refractivity (Wildman–Crippen MR) is 83.0 cm³/mol. The van der Waals surface area contributed by atoms with Gasteiger partial charge in [-0.3, -0.25) is 9.78 Å². The zero-order chi connectivity index (χ0) is 14.7. The molecule has 0 atom stereocenters. The van der Waals surface area contributed by atoms with Crippen LogP contribution >= 0.6 is 11.3 Å². The molecule has 0 bridgehead atoms. The minimum absolute atomic E-state index is 0.0462. The number of pyridine rings is 1. The van der Waals surface area contributed by atoms with Gasteiger partial charge < -0.3 is 11.1 Å². The van der Waals surface area contributed by atoms with Gasteiger partial charge >= 0.3 is 0 Å². The Morgan fingerprint density at radius 1 is 1.24 bits per heavy atom. The number of hydrogen-bond acceptors (Lipinski definition) is 5. The molecule has 0 aliphatic heterocycles. The number of nitrogens with two attached hydrogens (primary N) is 1. The smallest absolute Gasteiger partial charge is 0.263 e. The van der Waals surface area contributed by atoms with Gasteiger partial charge in [0.15, 0.2) is 0 Å². The fourth-order valence-electron chi connectivity index (χ4n) is 2.51. The Labute approximate surface area is 127 Å². The summed E-state index contributed by atoms with van der Waals surface area (Å²) in [5.41, 5.74) is 6.68. The molecule has 2 aromatic heterocycles. The summed E-state index contributed by atoms with van der Waals surface area (Å²) in [6, 6.07) is 6.19. The molecule has 5 nitrogen and oxygen atoms in total. The first-order chi connectivity index (χ1) is 10.2. The van der Waals surface area contributed by atoms with E-state index in [9.17, 15) is 4.79 Å². The number of hydrogen-bond donors (Lipinski definition) is 2. The van der Waals surface area contributed by atoms with E-state index >= 15 is 0 Å². The standard InChI is InChI=1S/C15H18N4OS/c16-10-4-6-11(7-5-10)19-14(20)13-9-18-15(21-13)12-3-1-2-8-17-12/h1-3,8-11H,4-7,16H2,(H,19,20). The van der Waals surface area contributed by atoms with Crippen molar-refractivity contribution in [1.29, 1.82) is 0 Å². The first-order valence-electron chi connectivity index (χ1n) is 7.16. The Bertz CT molecular complexity index is 605. The lowest BCUT2D eigenvalue weighted by molar-refractivity contribution is 0.0930. The van der Waals surface area contributed by atoms with Crippen LogP contribution in [0.15, 0.2) is 30.6 Å². The molecule has 0 unspecified atom stereocenters. The summed E-state index contributed by atoms with van der Waals surface area (Å²) in [5, 5.41) is 3.85. The maximum absolute atomic E-state index is 12.2. The van der Waals surface area contributed by atoms with E-state index in [0.29, 0.717) is 4.88 Å². The van der Waals surface area contributed by atoms with Crippen LogP contribution in [0.4, 0.5) is 0 Å². The van der Waals surface area contributed by atoms with E-state index in [0.717, 1.165) is 36.4 Å². The van der Waals surface area contributed by atoms with Gasteiger partial charge in [-0.15, -0.1) is 11.3 Å². The monoisotopic (exact) mass is 302 g/mol. The number of nitrogens with one attached hydrogen (secondary N) is 1. The van der Waals surface area contributed by atoms with Crippen LogP contribution in [0.1, 0.15) is 35.4 Å². The molecule has 1 fully saturated rings. The predicted octanol–water partition coefficient (Wildman–Crippen LogP) is 2.20. The zero-order valence-corrected chi connectivity index (χ0v) is 12.5. The lowest BCUT2D eigenvalue weighted by Crippen LogP contribution is -2.40. The summed E-state index contributed by atoms with van der Waals surface area (Å²) < 4.78 is 0. The van der Waals surface area contributed by atoms with Crippen molar-refractivity contribution in [1.82, 2.24) is 15.3 Å². The SMILES string of the molecule is NC1CCC(NC(=O)c2cnc(-c3ccccn3)s2)CC1. The second-order valence-electron chi connectivity index (χ2n) is 5.33. The third-order valence-corrected chi connectivity index (χ3v) is 4.74. The first kappa shape index (κ1) is 14.2. The highest BCUT2D eigenvalue weighted by Crippen LogP contribution is 2.24. The maximum atomic E-state index is 12.2. The molecule has 1 amide bonds. The zero-order valence-electron chi connectivity index (χ0n) is 11.7. The summed E-state index contributed by atoms with van der Waals surface area (Å²) in [4.78, 5) is 21.4. The number of carbonyl (C=O) groups excluding carboxylic acids is 1. The molecule has 6 heteroatoms. The van der Waals surface area contributed by atoms with Crippen LogP contribution in [0.2, 0.25) is 0 Å². The second-order valence-corrected chi connectivity index (χ2v) is 6.36. The van der Waals surface area contributed by atoms with E-state index in [1.807, 2.05) is 18.2 Å². The molecular weight excluding hydrogens is 284 g/mol. The number of nitrogens with zero attached hydrogens (tertiary/aromatic N) is 2. The summed E-state index contributed by atoms with van der Waals surface area (Å²) >= 11 is 1.37. The van der Waals surface area contributed by atoms with Gasteiger partial charge in [-0.1, -0.05) is 6.07 Å². The molecule has 0 spiro atoms. The van der Waals surface area contributed by atoms with Crippen molar-refractivity contribution in [3.63, 3.8) is 0 Å². The molecule has 0 saturated heterocycles. The highest BCUT2D eigenvalue weighted by Gasteiger charge is 2.21. The van der Waals surface area contributed by atoms with Crippen molar-refractivity contribution < 1.29 is 4.79 Å². The van der Waals surface area contributed by atoms with Crippen molar-refractivity contribution >= 4 is 17.2 Å². The van der Waals surface area contributed by atoms with Gasteiger partial charge in [0.2, 0.25) is 0 Å². The van der Waals surface area contributed by atoms with E-state index in [4.69, 9.17) is 5.73 Å². The number of amides is 1. The van der Waals surface area contributed by atoms with Crippen LogP contribution in [0.3, 0.4) is 0 Å². The molecule has 3 N–H and O–H groups in total. The topological polar surface area (TPSA) is 80.9 Å². The van der Waals surface area contributed by atoms with E-state index in [-0.39, 0.29) is 18.0 Å². The Morgan fingerprint density at radius 3 is 2.76 bits per heavy atom. The molecule has 3 rings (SSSR count). The Morgan fingerprint density at radius 2 is 2.05 bits per heavy atom. The molecule has 0 aromatic carbocycles. The van der Waals surface area contributed by atoms with Gasteiger partial charge in [-0.2, -0.15) is 0 Å². The average molecular weight is 302 g/mol. The average Bonchev–Trinajstić information content (AvgIpc) is 3.00. The Hall–Kier alpha value is -1.79. The third-order valence-electron chi connectivity index (χ3n) is 3.72. The Balaban J connectivity index is 1.64. The summed E-state index contributed by atoms with van der Waals surface area (Å²) in [7, 11) is 0. The molecule has 21 heavy (non-hydrogen) atoms. The van der Waals surface area contributed by atoms with Gasteiger partial charge in [-0.05, 0) is 37.8 Å². The quantitative estimate of drug-likeness (QED) is 0.911. The van der Waals surface area contributed by atoms with Crippen molar-refractivity contribution in [2.75, 3.05) is 0 Å². The van der Waals surface area contributed by atoms with Crippen LogP contribution in [0, 0.1) is 0 Å². The molecule has 1 aliphatic carbocycles. The summed E-state index contributed by atoms with van der Waals surface area (Å²) in [6.07, 6.45) is 7.22. The van der Waals surface area contributed by atoms with Gasteiger partial charge in [-0.25, -0.2) is 4.98 Å². The minimum atomic E-state index is -0.0462. The van der Waals surface area contributed by atoms with Crippen molar-refractivity contribution in [3.8, 4) is 10.7 Å². The normalized spacial score (nSPS) is 22.0. The van der Waals surface area contributed by atoms with Crippen LogP contribution in [-0.4, -0.2) is 28.0 Å². The highest BCUT2D eigenvalue weighted by atomic mass is 32.1. The second kappa shape index (κ2) is 6.32. The fraction of sp³-hybridized carbons (Fsp3) is 0.400. The van der Waals surface area contributed by atoms with Crippen LogP contribution in [-0.2, 0) is 0 Å². The van der Waals surface area contributed by atoms with Gasteiger partial charge in [0.05, 0.1) is 11.9 Å². The molecule has 0 radical (unpaired) electrons. The summed E-state index contributed by atoms with van der Waals surface area (Å²) in [6.45, 7) is 0. The third kappa shape index (κ3) is 3.46. The molecule has 2 heterocycles. The maximum Gasteiger partial charge on any atom is 0.263 e. The fourth-order valence-corrected chi connectivity index (χ4v) is 3.30. The molecular formula is C15H18N4OS. The van der Waals surface area contributed by atoms with Crippen molar-refractivity contribution in [3.05, 3.63) is 35.5 Å². The number of thiazole rings is 1. The largest absolute Gasteiger partial charge is 0.349 e. The van der Waals surface area contributed by atoms with Crippen molar-refractivity contribution in [2.24, 2.45) is 5.73 Å². The van der Waals surface area contributed by atoms with Gasteiger partial charge in [0, 0.05) is 18.3 Å². The minimum Gasteiger partial charge on any atom is -0.349 e.